The summed E-state index contributed by atoms with van der Waals surface area (Å²) >= 11 is 5.38. The highest BCUT2D eigenvalue weighted by atomic mass is 32.1. The molecule has 1 amide bonds. The minimum absolute atomic E-state index is 0.0216. The Labute approximate surface area is 186 Å². The van der Waals surface area contributed by atoms with E-state index in [1.54, 1.807) is 0 Å². The number of aromatic nitrogens is 3. The second-order valence-corrected chi connectivity index (χ2v) is 8.78. The van der Waals surface area contributed by atoms with E-state index < -0.39 is 0 Å². The lowest BCUT2D eigenvalue weighted by atomic mass is 9.79. The van der Waals surface area contributed by atoms with Crippen molar-refractivity contribution in [3.63, 3.8) is 0 Å². The quantitative estimate of drug-likeness (QED) is 0.506. The summed E-state index contributed by atoms with van der Waals surface area (Å²) in [7, 11) is 0. The summed E-state index contributed by atoms with van der Waals surface area (Å²) in [5.74, 6) is 0.481. The molecule has 1 fully saturated rings. The van der Waals surface area contributed by atoms with Crippen LogP contribution in [0.25, 0.3) is 11.4 Å². The first kappa shape index (κ1) is 21.4. The predicted molar refractivity (Wildman–Crippen MR) is 122 cm³/mol. The summed E-state index contributed by atoms with van der Waals surface area (Å²) in [6.07, 6.45) is 4.56. The van der Waals surface area contributed by atoms with Crippen LogP contribution in [-0.2, 0) is 16.8 Å². The van der Waals surface area contributed by atoms with Crippen molar-refractivity contribution in [1.29, 1.82) is 0 Å². The molecule has 1 heterocycles. The Morgan fingerprint density at radius 2 is 1.97 bits per heavy atom. The lowest BCUT2D eigenvalue weighted by Gasteiger charge is -2.30. The lowest BCUT2D eigenvalue weighted by Crippen LogP contribution is -2.39. The van der Waals surface area contributed by atoms with Gasteiger partial charge in [0.05, 0.1) is 0 Å². The number of halogens is 1. The summed E-state index contributed by atoms with van der Waals surface area (Å²) in [6, 6.07) is 14.8. The van der Waals surface area contributed by atoms with E-state index >= 15 is 0 Å². The predicted octanol–water partition coefficient (Wildman–Crippen LogP) is 5.07. The van der Waals surface area contributed by atoms with E-state index in [0.29, 0.717) is 24.3 Å². The number of aryl methyl sites for hydroxylation is 1. The minimum Gasteiger partial charge on any atom is -0.355 e. The Morgan fingerprint density at radius 3 is 2.68 bits per heavy atom. The maximum absolute atomic E-state index is 13.4. The van der Waals surface area contributed by atoms with E-state index in [0.717, 1.165) is 48.2 Å². The molecule has 2 N–H and O–H groups in total. The minimum atomic E-state index is -0.234. The third-order valence-electron chi connectivity index (χ3n) is 6.24. The lowest BCUT2D eigenvalue weighted by molar-refractivity contribution is -0.121. The Morgan fingerprint density at radius 1 is 1.23 bits per heavy atom. The molecule has 1 aromatic heterocycles. The van der Waals surface area contributed by atoms with Gasteiger partial charge < -0.3 is 5.32 Å². The summed E-state index contributed by atoms with van der Waals surface area (Å²) in [6.45, 7) is 3.05. The first-order valence-corrected chi connectivity index (χ1v) is 11.1. The van der Waals surface area contributed by atoms with E-state index in [1.165, 1.54) is 12.1 Å². The van der Waals surface area contributed by atoms with Crippen molar-refractivity contribution in [1.82, 2.24) is 20.1 Å². The van der Waals surface area contributed by atoms with Crippen LogP contribution in [0.4, 0.5) is 4.39 Å². The van der Waals surface area contributed by atoms with Gasteiger partial charge in [0.1, 0.15) is 5.82 Å². The van der Waals surface area contributed by atoms with Crippen molar-refractivity contribution < 1.29 is 9.18 Å². The monoisotopic (exact) mass is 438 g/mol. The van der Waals surface area contributed by atoms with Crippen LogP contribution in [0.3, 0.4) is 0 Å². The van der Waals surface area contributed by atoms with Gasteiger partial charge in [-0.15, -0.1) is 0 Å². The van der Waals surface area contributed by atoms with Crippen LogP contribution in [-0.4, -0.2) is 27.2 Å². The topological polar surface area (TPSA) is 62.7 Å². The smallest absolute Gasteiger partial charge is 0.221 e. The van der Waals surface area contributed by atoms with Gasteiger partial charge in [0.25, 0.3) is 0 Å². The van der Waals surface area contributed by atoms with Crippen LogP contribution in [0.1, 0.15) is 43.2 Å². The normalized spacial score (nSPS) is 15.2. The maximum Gasteiger partial charge on any atom is 0.221 e. The molecule has 0 saturated heterocycles. The summed E-state index contributed by atoms with van der Waals surface area (Å²) in [5.41, 5.74) is 3.10. The number of benzene rings is 2. The van der Waals surface area contributed by atoms with Crippen LogP contribution in [0.15, 0.2) is 48.5 Å². The third kappa shape index (κ3) is 4.77. The molecule has 3 aromatic rings. The van der Waals surface area contributed by atoms with Crippen LogP contribution in [0.2, 0.25) is 0 Å². The average molecular weight is 439 g/mol. The highest BCUT2D eigenvalue weighted by Crippen LogP contribution is 2.40. The number of hydrogen-bond acceptors (Lipinski definition) is 3. The number of H-pyrrole nitrogens is 1. The molecule has 1 aliphatic carbocycles. The molecule has 0 unspecified atom stereocenters. The molecule has 0 atom stereocenters. The largest absolute Gasteiger partial charge is 0.355 e. The number of rotatable bonds is 7. The van der Waals surface area contributed by atoms with Gasteiger partial charge in [-0.3, -0.25) is 14.5 Å². The summed E-state index contributed by atoms with van der Waals surface area (Å²) in [5, 5.41) is 10.3. The molecule has 4 rings (SSSR count). The standard InChI is InChI=1S/C24H27FN4OS/c1-17-5-4-6-18(15-17)22-27-28-23(31)29(22)14-11-21(30)26-16-24(12-2-3-13-24)19-7-9-20(25)10-8-19/h4-10,15H,2-3,11-14,16H2,1H3,(H,26,30)(H,28,31). The highest BCUT2D eigenvalue weighted by molar-refractivity contribution is 7.71. The van der Waals surface area contributed by atoms with Gasteiger partial charge in [0, 0.05) is 30.5 Å². The van der Waals surface area contributed by atoms with Crippen LogP contribution >= 0.6 is 12.2 Å². The van der Waals surface area contributed by atoms with E-state index in [2.05, 4.69) is 15.5 Å². The zero-order valence-electron chi connectivity index (χ0n) is 17.7. The molecule has 0 radical (unpaired) electrons. The molecule has 5 nitrogen and oxygen atoms in total. The molecule has 1 aliphatic rings. The van der Waals surface area contributed by atoms with Crippen molar-refractivity contribution in [3.8, 4) is 11.4 Å². The van der Waals surface area contributed by atoms with E-state index in [9.17, 15) is 9.18 Å². The number of nitrogens with zero attached hydrogens (tertiary/aromatic N) is 2. The fourth-order valence-corrected chi connectivity index (χ4v) is 4.75. The molecule has 1 saturated carbocycles. The van der Waals surface area contributed by atoms with E-state index in [1.807, 2.05) is 47.9 Å². The molecule has 0 bridgehead atoms. The van der Waals surface area contributed by atoms with Crippen molar-refractivity contribution in [3.05, 3.63) is 70.2 Å². The Kier molecular flexibility index (Phi) is 6.32. The summed E-state index contributed by atoms with van der Waals surface area (Å²) in [4.78, 5) is 12.7. The molecular formula is C24H27FN4OS. The van der Waals surface area contributed by atoms with Crippen LogP contribution in [0.5, 0.6) is 0 Å². The second-order valence-electron chi connectivity index (χ2n) is 8.39. The maximum atomic E-state index is 13.4. The number of aromatic amines is 1. The first-order chi connectivity index (χ1) is 15.0. The van der Waals surface area contributed by atoms with Crippen molar-refractivity contribution >= 4 is 18.1 Å². The Balaban J connectivity index is 1.41. The van der Waals surface area contributed by atoms with Gasteiger partial charge in [0.2, 0.25) is 5.91 Å². The van der Waals surface area contributed by atoms with Gasteiger partial charge in [-0.25, -0.2) is 4.39 Å². The van der Waals surface area contributed by atoms with E-state index in [-0.39, 0.29) is 17.1 Å². The Hall–Kier alpha value is -2.80. The van der Waals surface area contributed by atoms with Crippen LogP contribution < -0.4 is 5.32 Å². The second kappa shape index (κ2) is 9.14. The molecule has 2 aromatic carbocycles. The van der Waals surface area contributed by atoms with E-state index in [4.69, 9.17) is 12.2 Å². The fraction of sp³-hybridized carbons (Fsp3) is 0.375. The van der Waals surface area contributed by atoms with Crippen molar-refractivity contribution in [2.45, 2.75) is 51.0 Å². The molecule has 7 heteroatoms. The Bertz CT molecular complexity index is 1110. The molecule has 162 valence electrons. The van der Waals surface area contributed by atoms with Gasteiger partial charge in [-0.1, -0.05) is 48.7 Å². The number of carbonyl (C=O) groups is 1. The highest BCUT2D eigenvalue weighted by Gasteiger charge is 2.35. The first-order valence-electron chi connectivity index (χ1n) is 10.7. The van der Waals surface area contributed by atoms with Crippen LogP contribution in [0, 0.1) is 17.5 Å². The zero-order valence-corrected chi connectivity index (χ0v) is 18.5. The molecular weight excluding hydrogens is 411 g/mol. The zero-order chi connectivity index (χ0) is 21.8. The van der Waals surface area contributed by atoms with Crippen molar-refractivity contribution in [2.24, 2.45) is 0 Å². The van der Waals surface area contributed by atoms with Gasteiger partial charge >= 0.3 is 0 Å². The SMILES string of the molecule is Cc1cccc(-c2n[nH]c(=S)n2CCC(=O)NCC2(c3ccc(F)cc3)CCCC2)c1. The third-order valence-corrected chi connectivity index (χ3v) is 6.55. The fourth-order valence-electron chi connectivity index (χ4n) is 4.52. The summed E-state index contributed by atoms with van der Waals surface area (Å²) < 4.78 is 15.7. The van der Waals surface area contributed by atoms with Crippen molar-refractivity contribution in [2.75, 3.05) is 6.54 Å². The van der Waals surface area contributed by atoms with Gasteiger partial charge in [-0.05, 0) is 55.7 Å². The average Bonchev–Trinajstić information content (AvgIpc) is 3.39. The molecule has 31 heavy (non-hydrogen) atoms. The number of hydrogen-bond donors (Lipinski definition) is 2. The van der Waals surface area contributed by atoms with Gasteiger partial charge in [-0.2, -0.15) is 5.10 Å². The molecule has 0 spiro atoms. The molecule has 0 aliphatic heterocycles. The number of carbonyl (C=O) groups excluding carboxylic acids is 1. The van der Waals surface area contributed by atoms with Gasteiger partial charge in [0.15, 0.2) is 10.6 Å². The number of amides is 1. The number of nitrogens with one attached hydrogen (secondary N) is 2.